The van der Waals surface area contributed by atoms with E-state index in [0.717, 1.165) is 122 Å². The summed E-state index contributed by atoms with van der Waals surface area (Å²) in [5.41, 5.74) is 0. The van der Waals surface area contributed by atoms with Crippen molar-refractivity contribution < 1.29 is 80.2 Å². The molecule has 5 atom stereocenters. The number of rotatable bonds is 70. The molecule has 0 saturated carbocycles. The Morgan fingerprint density at radius 2 is 0.560 bits per heavy atom. The van der Waals surface area contributed by atoms with Gasteiger partial charge in [0.15, 0.2) is 12.2 Å². The molecule has 0 heterocycles. The number of aliphatic hydroxyl groups excluding tert-OH is 1. The van der Waals surface area contributed by atoms with E-state index in [1.54, 1.807) is 0 Å². The first-order chi connectivity index (χ1) is 48.7. The lowest BCUT2D eigenvalue weighted by Crippen LogP contribution is -2.30. The van der Waals surface area contributed by atoms with Crippen molar-refractivity contribution in [1.82, 2.24) is 0 Å². The lowest BCUT2D eigenvalue weighted by Gasteiger charge is -2.21. The fourth-order valence-corrected chi connectivity index (χ4v) is 11.1. The highest BCUT2D eigenvalue weighted by atomic mass is 31.2. The molecule has 0 aromatic heterocycles. The number of ether oxygens (including phenoxy) is 4. The molecule has 100 heavy (non-hydrogen) atoms. The minimum Gasteiger partial charge on any atom is -0.462 e. The number of hydrogen-bond acceptors (Lipinski definition) is 15. The van der Waals surface area contributed by atoms with Gasteiger partial charge in [0.05, 0.1) is 26.4 Å². The van der Waals surface area contributed by atoms with Crippen LogP contribution < -0.4 is 0 Å². The van der Waals surface area contributed by atoms with Crippen molar-refractivity contribution in [2.75, 3.05) is 39.6 Å². The number of phosphoric acid groups is 2. The van der Waals surface area contributed by atoms with E-state index >= 15 is 0 Å². The molecule has 0 aromatic carbocycles. The van der Waals surface area contributed by atoms with E-state index in [1.165, 1.54) is 70.6 Å². The average Bonchev–Trinajstić information content (AvgIpc) is 0.930. The van der Waals surface area contributed by atoms with Crippen molar-refractivity contribution in [3.63, 3.8) is 0 Å². The van der Waals surface area contributed by atoms with Gasteiger partial charge in [-0.3, -0.25) is 37.3 Å². The molecule has 19 heteroatoms. The summed E-state index contributed by atoms with van der Waals surface area (Å²) in [6, 6.07) is 0. The van der Waals surface area contributed by atoms with Gasteiger partial charge < -0.3 is 33.8 Å². The van der Waals surface area contributed by atoms with Crippen LogP contribution in [0.1, 0.15) is 285 Å². The van der Waals surface area contributed by atoms with E-state index in [1.807, 2.05) is 30.4 Å². The maximum absolute atomic E-state index is 13.1. The van der Waals surface area contributed by atoms with E-state index in [-0.39, 0.29) is 25.7 Å². The van der Waals surface area contributed by atoms with Gasteiger partial charge in [-0.05, 0) is 122 Å². The van der Waals surface area contributed by atoms with Gasteiger partial charge in [-0.15, -0.1) is 0 Å². The predicted molar refractivity (Wildman–Crippen MR) is 408 cm³/mol. The third kappa shape index (κ3) is 71.3. The van der Waals surface area contributed by atoms with Crippen LogP contribution in [0.25, 0.3) is 0 Å². The molecule has 0 aliphatic rings. The molecule has 0 radical (unpaired) electrons. The van der Waals surface area contributed by atoms with Crippen LogP contribution in [-0.2, 0) is 65.4 Å². The number of unbranched alkanes of at least 4 members (excludes halogenated alkanes) is 20. The Bertz CT molecular complexity index is 2470. The topological polar surface area (TPSA) is 237 Å². The smallest absolute Gasteiger partial charge is 0.462 e. The summed E-state index contributed by atoms with van der Waals surface area (Å²) >= 11 is 0. The minimum atomic E-state index is -5.01. The summed E-state index contributed by atoms with van der Waals surface area (Å²) in [6.45, 7) is 4.43. The highest BCUT2D eigenvalue weighted by molar-refractivity contribution is 7.47. The fourth-order valence-electron chi connectivity index (χ4n) is 9.56. The molecule has 0 aromatic rings. The molecule has 0 saturated heterocycles. The second kappa shape index (κ2) is 72.3. The first-order valence-corrected chi connectivity index (χ1v) is 41.1. The largest absolute Gasteiger partial charge is 0.472 e. The number of carbonyl (C=O) groups is 4. The number of allylic oxidation sites excluding steroid dienone is 24. The van der Waals surface area contributed by atoms with Crippen molar-refractivity contribution in [2.24, 2.45) is 0 Å². The summed E-state index contributed by atoms with van der Waals surface area (Å²) in [7, 11) is -9.99. The first kappa shape index (κ1) is 94.9. The van der Waals surface area contributed by atoms with Crippen molar-refractivity contribution in [3.05, 3.63) is 146 Å². The van der Waals surface area contributed by atoms with Gasteiger partial charge in [0.25, 0.3) is 0 Å². The third-order valence-electron chi connectivity index (χ3n) is 15.3. The Morgan fingerprint density at radius 3 is 0.940 bits per heavy atom. The molecular formula is C81H134O17P2. The Balaban J connectivity index is 5.47. The van der Waals surface area contributed by atoms with Crippen LogP contribution in [0.2, 0.25) is 0 Å². The lowest BCUT2D eigenvalue weighted by atomic mass is 10.0. The van der Waals surface area contributed by atoms with E-state index in [4.69, 9.17) is 37.0 Å². The van der Waals surface area contributed by atoms with Crippen LogP contribution in [0.15, 0.2) is 146 Å². The molecule has 3 N–H and O–H groups in total. The van der Waals surface area contributed by atoms with Gasteiger partial charge in [0, 0.05) is 25.7 Å². The van der Waals surface area contributed by atoms with Gasteiger partial charge in [0.1, 0.15) is 19.3 Å². The molecule has 0 aliphatic heterocycles. The zero-order chi connectivity index (χ0) is 73.2. The van der Waals surface area contributed by atoms with Crippen LogP contribution in [0.4, 0.5) is 0 Å². The summed E-state index contributed by atoms with van der Waals surface area (Å²) in [4.78, 5) is 72.7. The lowest BCUT2D eigenvalue weighted by molar-refractivity contribution is -0.161. The summed E-state index contributed by atoms with van der Waals surface area (Å²) < 4.78 is 68.3. The van der Waals surface area contributed by atoms with Crippen LogP contribution in [0, 0.1) is 0 Å². The number of carbonyl (C=O) groups excluding carboxylic acids is 4. The summed E-state index contributed by atoms with van der Waals surface area (Å²) in [5.74, 6) is -2.36. The molecule has 0 bridgehead atoms. The molecule has 0 aliphatic carbocycles. The van der Waals surface area contributed by atoms with Crippen molar-refractivity contribution in [3.8, 4) is 0 Å². The normalized spacial score (nSPS) is 14.8. The molecule has 570 valence electrons. The number of aliphatic hydroxyl groups is 1. The van der Waals surface area contributed by atoms with E-state index in [2.05, 4.69) is 143 Å². The molecule has 0 rings (SSSR count). The molecule has 17 nitrogen and oxygen atoms in total. The Labute approximate surface area is 605 Å². The fraction of sp³-hybridized carbons (Fsp3) is 0.654. The number of hydrogen-bond donors (Lipinski definition) is 3. The molecule has 0 amide bonds. The zero-order valence-electron chi connectivity index (χ0n) is 62.1. The monoisotopic (exact) mass is 1440 g/mol. The Kier molecular flexibility index (Phi) is 68.6. The SMILES string of the molecule is CC/C=C\C/C=C\C/C=C\C/C=C\C/C=C\C/C=C\CCC(=O)OCC(COP(=O)(O)OCC(O)COP(=O)(O)OCC(COC(=O)CCCCCCCCCCCCCCC)OC(=O)CCCCCCC/C=C\CCCC)OC(=O)CCC/C=C\C/C=C\C/C=C\C/C=C\C/C=C\CC. The van der Waals surface area contributed by atoms with Crippen molar-refractivity contribution in [1.29, 1.82) is 0 Å². The highest BCUT2D eigenvalue weighted by Gasteiger charge is 2.30. The van der Waals surface area contributed by atoms with Gasteiger partial charge in [-0.25, -0.2) is 9.13 Å². The zero-order valence-corrected chi connectivity index (χ0v) is 63.9. The summed E-state index contributed by atoms with van der Waals surface area (Å²) in [6.07, 6.45) is 81.6. The maximum atomic E-state index is 13.1. The van der Waals surface area contributed by atoms with Crippen molar-refractivity contribution >= 4 is 39.5 Å². The molecule has 0 fully saturated rings. The first-order valence-electron chi connectivity index (χ1n) is 38.1. The minimum absolute atomic E-state index is 0.00376. The van der Waals surface area contributed by atoms with Crippen LogP contribution >= 0.6 is 15.6 Å². The van der Waals surface area contributed by atoms with E-state index in [9.17, 15) is 43.2 Å². The summed E-state index contributed by atoms with van der Waals surface area (Å²) in [5, 5.41) is 10.6. The van der Waals surface area contributed by atoms with Gasteiger partial charge in [0.2, 0.25) is 0 Å². The standard InChI is InChI=1S/C81H134O17P2/c1-5-9-13-17-21-25-29-32-34-36-37-39-40-43-47-50-54-58-62-66-79(84)92-72-77(98-81(86)68-64-60-56-52-48-44-41-38-35-33-30-26-22-18-14-10-6-2)74-96-100(89,90)94-70-75(82)69-93-99(87,88)95-73-76(97-80(85)67-63-59-55-51-45-28-24-20-16-12-8-4)71-91-78(83)65-61-57-53-49-46-42-31-27-23-19-15-11-7-3/h9-10,13-14,20-22,24-26,32-35,37,39,41,43-44,47,52,54,56,58,75-77,82H,5-8,11-12,15-19,23,27-31,36,38,40,42,45-46,48-51,53,55,57,59-74H2,1-4H3,(H,87,88)(H,89,90)/b13-9-,14-10-,24-20-,25-21-,26-22-,34-32-,35-33-,39-37-,44-41-,47-43-,56-52-,58-54-. The molecule has 0 spiro atoms. The Morgan fingerprint density at radius 1 is 0.290 bits per heavy atom. The second-order valence-electron chi connectivity index (χ2n) is 24.8. The highest BCUT2D eigenvalue weighted by Crippen LogP contribution is 2.45. The van der Waals surface area contributed by atoms with Crippen LogP contribution in [-0.4, -0.2) is 96.7 Å². The maximum Gasteiger partial charge on any atom is 0.472 e. The predicted octanol–water partition coefficient (Wildman–Crippen LogP) is 21.9. The molecule has 5 unspecified atom stereocenters. The second-order valence-corrected chi connectivity index (χ2v) is 27.7. The quantitative estimate of drug-likeness (QED) is 0.0169. The van der Waals surface area contributed by atoms with Crippen LogP contribution in [0.5, 0.6) is 0 Å². The van der Waals surface area contributed by atoms with Crippen LogP contribution in [0.3, 0.4) is 0 Å². The van der Waals surface area contributed by atoms with Gasteiger partial charge in [-0.2, -0.15) is 0 Å². The van der Waals surface area contributed by atoms with Gasteiger partial charge >= 0.3 is 39.5 Å². The third-order valence-corrected chi connectivity index (χ3v) is 17.2. The average molecular weight is 1440 g/mol. The Hall–Kier alpha value is -5.06. The number of phosphoric ester groups is 2. The van der Waals surface area contributed by atoms with Gasteiger partial charge in [-0.1, -0.05) is 283 Å². The van der Waals surface area contributed by atoms with Crippen molar-refractivity contribution in [2.45, 2.75) is 303 Å². The van der Waals surface area contributed by atoms with E-state index in [0.29, 0.717) is 38.5 Å². The number of esters is 4. The molecular weight excluding hydrogens is 1310 g/mol. The van der Waals surface area contributed by atoms with E-state index < -0.39 is 97.5 Å².